The normalized spacial score (nSPS) is 12.5. The van der Waals surface area contributed by atoms with Crippen LogP contribution in [0.25, 0.3) is 22.2 Å². The maximum atomic E-state index is 5.49. The number of benzene rings is 2. The van der Waals surface area contributed by atoms with Crippen LogP contribution in [-0.4, -0.2) is 38.2 Å². The first-order chi connectivity index (χ1) is 12.2. The molecular weight excluding hydrogens is 320 g/mol. The van der Waals surface area contributed by atoms with E-state index in [-0.39, 0.29) is 0 Å². The van der Waals surface area contributed by atoms with E-state index in [1.54, 1.807) is 28.4 Å². The molecule has 0 bridgehead atoms. The third-order valence-electron chi connectivity index (χ3n) is 4.70. The molecule has 1 aliphatic heterocycles. The fourth-order valence-electron chi connectivity index (χ4n) is 3.48. The molecule has 6 heteroatoms. The van der Waals surface area contributed by atoms with Crippen molar-refractivity contribution in [3.8, 4) is 34.3 Å². The van der Waals surface area contributed by atoms with Gasteiger partial charge in [-0.3, -0.25) is 4.68 Å². The molecule has 4 rings (SSSR count). The van der Waals surface area contributed by atoms with Gasteiger partial charge in [-0.2, -0.15) is 5.10 Å². The van der Waals surface area contributed by atoms with Crippen molar-refractivity contribution in [1.82, 2.24) is 9.78 Å². The van der Waals surface area contributed by atoms with Gasteiger partial charge in [0, 0.05) is 23.6 Å². The molecule has 0 radical (unpaired) electrons. The van der Waals surface area contributed by atoms with Gasteiger partial charge in [-0.15, -0.1) is 0 Å². The Morgan fingerprint density at radius 3 is 2.08 bits per heavy atom. The second kappa shape index (κ2) is 5.88. The average molecular weight is 340 g/mol. The molecule has 2 aromatic carbocycles. The quantitative estimate of drug-likeness (QED) is 0.729. The Bertz CT molecular complexity index is 962. The molecule has 0 amide bonds. The van der Waals surface area contributed by atoms with Gasteiger partial charge >= 0.3 is 0 Å². The van der Waals surface area contributed by atoms with Crippen molar-refractivity contribution >= 4 is 10.9 Å². The summed E-state index contributed by atoms with van der Waals surface area (Å²) in [6, 6.07) is 7.98. The van der Waals surface area contributed by atoms with Crippen LogP contribution in [0.4, 0.5) is 0 Å². The Balaban J connectivity index is 2.00. The second-order valence-electron chi connectivity index (χ2n) is 5.91. The standard InChI is InChI=1S/C19H20N2O4/c1-22-15-7-11-5-6-21-19(12(11)8-16(15)23-2)13-9-17(24-3)18(25-4)10-14(13)20-21/h7-10H,5-6H2,1-4H3. The number of ether oxygens (including phenoxy) is 4. The van der Waals surface area contributed by atoms with Crippen molar-refractivity contribution in [3.05, 3.63) is 29.8 Å². The zero-order chi connectivity index (χ0) is 17.6. The highest BCUT2D eigenvalue weighted by Gasteiger charge is 2.24. The summed E-state index contributed by atoms with van der Waals surface area (Å²) in [6.45, 7) is 0.817. The SMILES string of the molecule is COc1cc2c(cc1OC)-c1c3cc(OC)c(OC)cc3nn1CC2. The van der Waals surface area contributed by atoms with E-state index in [1.165, 1.54) is 5.56 Å². The van der Waals surface area contributed by atoms with Crippen molar-refractivity contribution in [2.75, 3.05) is 28.4 Å². The molecule has 2 heterocycles. The lowest BCUT2D eigenvalue weighted by Gasteiger charge is -2.20. The minimum atomic E-state index is 0.679. The summed E-state index contributed by atoms with van der Waals surface area (Å²) in [5, 5.41) is 5.78. The summed E-state index contributed by atoms with van der Waals surface area (Å²) in [5.41, 5.74) is 4.29. The molecule has 1 aromatic heterocycles. The molecule has 0 spiro atoms. The molecule has 0 fully saturated rings. The number of hydrogen-bond acceptors (Lipinski definition) is 5. The lowest BCUT2D eigenvalue weighted by molar-refractivity contribution is 0.354. The first-order valence-electron chi connectivity index (χ1n) is 8.08. The van der Waals surface area contributed by atoms with Gasteiger partial charge in [0.15, 0.2) is 23.0 Å². The van der Waals surface area contributed by atoms with Crippen LogP contribution in [0.1, 0.15) is 5.56 Å². The van der Waals surface area contributed by atoms with Crippen LogP contribution in [0.15, 0.2) is 24.3 Å². The molecule has 0 aliphatic carbocycles. The Hall–Kier alpha value is -2.89. The van der Waals surface area contributed by atoms with E-state index in [0.717, 1.165) is 40.9 Å². The number of fused-ring (bicyclic) bond motifs is 5. The molecule has 1 aliphatic rings. The average Bonchev–Trinajstić information content (AvgIpc) is 3.03. The van der Waals surface area contributed by atoms with Crippen molar-refractivity contribution in [1.29, 1.82) is 0 Å². The molecular formula is C19H20N2O4. The Kier molecular flexibility index (Phi) is 3.67. The molecule has 130 valence electrons. The number of hydrogen-bond donors (Lipinski definition) is 0. The number of methoxy groups -OCH3 is 4. The molecule has 25 heavy (non-hydrogen) atoms. The lowest BCUT2D eigenvalue weighted by atomic mass is 9.95. The first kappa shape index (κ1) is 15.6. The van der Waals surface area contributed by atoms with E-state index >= 15 is 0 Å². The summed E-state index contributed by atoms with van der Waals surface area (Å²) >= 11 is 0. The van der Waals surface area contributed by atoms with E-state index in [0.29, 0.717) is 17.2 Å². The molecule has 6 nitrogen and oxygen atoms in total. The molecule has 0 atom stereocenters. The third-order valence-corrected chi connectivity index (χ3v) is 4.70. The molecule has 0 N–H and O–H groups in total. The van der Waals surface area contributed by atoms with Crippen LogP contribution in [0.2, 0.25) is 0 Å². The zero-order valence-corrected chi connectivity index (χ0v) is 14.8. The highest BCUT2D eigenvalue weighted by atomic mass is 16.5. The van der Waals surface area contributed by atoms with E-state index in [9.17, 15) is 0 Å². The van der Waals surface area contributed by atoms with Gasteiger partial charge in [0.1, 0.15) is 0 Å². The van der Waals surface area contributed by atoms with Crippen molar-refractivity contribution in [3.63, 3.8) is 0 Å². The Morgan fingerprint density at radius 2 is 1.40 bits per heavy atom. The van der Waals surface area contributed by atoms with Crippen LogP contribution in [-0.2, 0) is 13.0 Å². The first-order valence-corrected chi connectivity index (χ1v) is 8.08. The summed E-state index contributed by atoms with van der Waals surface area (Å²) in [6.07, 6.45) is 0.894. The van der Waals surface area contributed by atoms with Crippen molar-refractivity contribution < 1.29 is 18.9 Å². The second-order valence-corrected chi connectivity index (χ2v) is 5.91. The molecule has 0 saturated heterocycles. The van der Waals surface area contributed by atoms with Crippen LogP contribution in [0.3, 0.4) is 0 Å². The zero-order valence-electron chi connectivity index (χ0n) is 14.8. The van der Waals surface area contributed by atoms with E-state index in [1.807, 2.05) is 22.9 Å². The van der Waals surface area contributed by atoms with Crippen molar-refractivity contribution in [2.45, 2.75) is 13.0 Å². The minimum absolute atomic E-state index is 0.679. The van der Waals surface area contributed by atoms with Gasteiger partial charge in [-0.05, 0) is 30.2 Å². The maximum absolute atomic E-state index is 5.49. The van der Waals surface area contributed by atoms with E-state index in [4.69, 9.17) is 24.0 Å². The van der Waals surface area contributed by atoms with Crippen LogP contribution >= 0.6 is 0 Å². The number of nitrogens with zero attached hydrogens (tertiary/aromatic N) is 2. The highest BCUT2D eigenvalue weighted by Crippen LogP contribution is 2.43. The number of rotatable bonds is 4. The maximum Gasteiger partial charge on any atom is 0.162 e. The summed E-state index contributed by atoms with van der Waals surface area (Å²) < 4.78 is 23.8. The van der Waals surface area contributed by atoms with Gasteiger partial charge in [0.2, 0.25) is 0 Å². The largest absolute Gasteiger partial charge is 0.493 e. The van der Waals surface area contributed by atoms with Gasteiger partial charge in [0.05, 0.1) is 39.6 Å². The topological polar surface area (TPSA) is 54.7 Å². The smallest absolute Gasteiger partial charge is 0.162 e. The Labute approximate surface area is 145 Å². The van der Waals surface area contributed by atoms with Crippen LogP contribution < -0.4 is 18.9 Å². The van der Waals surface area contributed by atoms with Gasteiger partial charge in [0.25, 0.3) is 0 Å². The molecule has 3 aromatic rings. The summed E-state index contributed by atoms with van der Waals surface area (Å²) in [4.78, 5) is 0. The number of aromatic nitrogens is 2. The summed E-state index contributed by atoms with van der Waals surface area (Å²) in [5.74, 6) is 2.83. The van der Waals surface area contributed by atoms with Gasteiger partial charge in [-0.25, -0.2) is 0 Å². The molecule has 0 unspecified atom stereocenters. The van der Waals surface area contributed by atoms with Crippen molar-refractivity contribution in [2.24, 2.45) is 0 Å². The summed E-state index contributed by atoms with van der Waals surface area (Å²) in [7, 11) is 6.58. The fraction of sp³-hybridized carbons (Fsp3) is 0.316. The third kappa shape index (κ3) is 2.28. The monoisotopic (exact) mass is 340 g/mol. The van der Waals surface area contributed by atoms with E-state index in [2.05, 4.69) is 6.07 Å². The molecule has 0 saturated carbocycles. The number of aryl methyl sites for hydroxylation is 2. The van der Waals surface area contributed by atoms with E-state index < -0.39 is 0 Å². The predicted molar refractivity (Wildman–Crippen MR) is 95.1 cm³/mol. The van der Waals surface area contributed by atoms with Crippen LogP contribution in [0.5, 0.6) is 23.0 Å². The highest BCUT2D eigenvalue weighted by molar-refractivity contribution is 5.97. The van der Waals surface area contributed by atoms with Gasteiger partial charge in [-0.1, -0.05) is 0 Å². The predicted octanol–water partition coefficient (Wildman–Crippen LogP) is 3.29. The fourth-order valence-corrected chi connectivity index (χ4v) is 3.48. The Morgan fingerprint density at radius 1 is 0.800 bits per heavy atom. The lowest BCUT2D eigenvalue weighted by Crippen LogP contribution is -2.12. The van der Waals surface area contributed by atoms with Crippen LogP contribution in [0, 0.1) is 0 Å². The minimum Gasteiger partial charge on any atom is -0.493 e. The van der Waals surface area contributed by atoms with Gasteiger partial charge < -0.3 is 18.9 Å².